The van der Waals surface area contributed by atoms with Crippen molar-refractivity contribution < 1.29 is 4.74 Å². The molecular formula is C12H20N2OS. The standard InChI is InChI=1S/C12H20N2OS/c1-14-6-7-15-11(10-14)9-13-5-4-12-3-2-8-16-12/h2-3,8,11,13H,4-7,9-10H2,1H3/t11-/m1/s1. The highest BCUT2D eigenvalue weighted by molar-refractivity contribution is 7.09. The third-order valence-electron chi connectivity index (χ3n) is 2.84. The van der Waals surface area contributed by atoms with Crippen molar-refractivity contribution in [2.24, 2.45) is 0 Å². The number of nitrogens with zero attached hydrogens (tertiary/aromatic N) is 1. The lowest BCUT2D eigenvalue weighted by Gasteiger charge is -2.30. The highest BCUT2D eigenvalue weighted by atomic mass is 32.1. The number of ether oxygens (including phenoxy) is 1. The van der Waals surface area contributed by atoms with Gasteiger partial charge in [-0.2, -0.15) is 0 Å². The van der Waals surface area contributed by atoms with Gasteiger partial charge in [-0.05, 0) is 24.9 Å². The van der Waals surface area contributed by atoms with Crippen molar-refractivity contribution in [3.8, 4) is 0 Å². The topological polar surface area (TPSA) is 24.5 Å². The second-order valence-electron chi connectivity index (χ2n) is 4.29. The van der Waals surface area contributed by atoms with Crippen molar-refractivity contribution in [1.82, 2.24) is 10.2 Å². The second kappa shape index (κ2) is 6.35. The molecule has 1 N–H and O–H groups in total. The lowest BCUT2D eigenvalue weighted by atomic mass is 10.2. The van der Waals surface area contributed by atoms with E-state index >= 15 is 0 Å². The summed E-state index contributed by atoms with van der Waals surface area (Å²) >= 11 is 1.83. The van der Waals surface area contributed by atoms with Gasteiger partial charge in [0.05, 0.1) is 12.7 Å². The molecule has 1 aliphatic rings. The average Bonchev–Trinajstić information content (AvgIpc) is 2.77. The van der Waals surface area contributed by atoms with Crippen molar-refractivity contribution >= 4 is 11.3 Å². The van der Waals surface area contributed by atoms with E-state index in [0.717, 1.165) is 39.2 Å². The SMILES string of the molecule is CN1CCO[C@H](CNCCc2cccs2)C1. The molecule has 1 aromatic rings. The summed E-state index contributed by atoms with van der Waals surface area (Å²) in [6, 6.07) is 4.30. The van der Waals surface area contributed by atoms with Gasteiger partial charge < -0.3 is 15.0 Å². The number of rotatable bonds is 5. The van der Waals surface area contributed by atoms with Crippen LogP contribution in [0, 0.1) is 0 Å². The zero-order valence-corrected chi connectivity index (χ0v) is 10.6. The first kappa shape index (κ1) is 12.0. The van der Waals surface area contributed by atoms with Gasteiger partial charge in [-0.3, -0.25) is 0 Å². The van der Waals surface area contributed by atoms with Crippen LogP contribution in [0.5, 0.6) is 0 Å². The fraction of sp³-hybridized carbons (Fsp3) is 0.667. The molecule has 2 rings (SSSR count). The fourth-order valence-corrected chi connectivity index (χ4v) is 2.63. The zero-order chi connectivity index (χ0) is 11.2. The van der Waals surface area contributed by atoms with Crippen LogP contribution in [-0.4, -0.2) is 50.8 Å². The van der Waals surface area contributed by atoms with Crippen molar-refractivity contribution in [3.05, 3.63) is 22.4 Å². The van der Waals surface area contributed by atoms with Crippen molar-refractivity contribution in [3.63, 3.8) is 0 Å². The Hall–Kier alpha value is -0.420. The Morgan fingerprint density at radius 1 is 1.62 bits per heavy atom. The Bertz CT molecular complexity index is 289. The van der Waals surface area contributed by atoms with Crippen molar-refractivity contribution in [2.75, 3.05) is 39.8 Å². The summed E-state index contributed by atoms with van der Waals surface area (Å²) in [4.78, 5) is 3.78. The summed E-state index contributed by atoms with van der Waals surface area (Å²) in [5.41, 5.74) is 0. The lowest BCUT2D eigenvalue weighted by Crippen LogP contribution is -2.45. The number of likely N-dealkylation sites (N-methyl/N-ethyl adjacent to an activating group) is 1. The number of morpholine rings is 1. The van der Waals surface area contributed by atoms with Gasteiger partial charge in [-0.15, -0.1) is 11.3 Å². The Kier molecular flexibility index (Phi) is 4.78. The molecule has 0 spiro atoms. The zero-order valence-electron chi connectivity index (χ0n) is 9.82. The van der Waals surface area contributed by atoms with E-state index in [1.807, 2.05) is 11.3 Å². The van der Waals surface area contributed by atoms with Gasteiger partial charge in [0.25, 0.3) is 0 Å². The molecule has 1 saturated heterocycles. The van der Waals surface area contributed by atoms with E-state index in [9.17, 15) is 0 Å². The van der Waals surface area contributed by atoms with Crippen LogP contribution in [0.3, 0.4) is 0 Å². The van der Waals surface area contributed by atoms with E-state index in [1.165, 1.54) is 4.88 Å². The third-order valence-corrected chi connectivity index (χ3v) is 3.78. The molecule has 0 amide bonds. The normalized spacial score (nSPS) is 22.4. The molecule has 1 atom stereocenters. The summed E-state index contributed by atoms with van der Waals surface area (Å²) in [6.07, 6.45) is 1.49. The molecule has 1 aliphatic heterocycles. The van der Waals surface area contributed by atoms with E-state index in [1.54, 1.807) is 0 Å². The van der Waals surface area contributed by atoms with E-state index < -0.39 is 0 Å². The number of thiophene rings is 1. The Morgan fingerprint density at radius 2 is 2.56 bits per heavy atom. The maximum Gasteiger partial charge on any atom is 0.0826 e. The van der Waals surface area contributed by atoms with Crippen LogP contribution in [0.2, 0.25) is 0 Å². The van der Waals surface area contributed by atoms with E-state index in [0.29, 0.717) is 6.10 Å². The molecule has 4 heteroatoms. The molecule has 0 aliphatic carbocycles. The maximum absolute atomic E-state index is 5.68. The van der Waals surface area contributed by atoms with E-state index in [4.69, 9.17) is 4.74 Å². The Morgan fingerprint density at radius 3 is 3.31 bits per heavy atom. The van der Waals surface area contributed by atoms with Gasteiger partial charge in [-0.1, -0.05) is 6.07 Å². The third kappa shape index (κ3) is 3.87. The van der Waals surface area contributed by atoms with Gasteiger partial charge in [0.15, 0.2) is 0 Å². The molecule has 90 valence electrons. The monoisotopic (exact) mass is 240 g/mol. The summed E-state index contributed by atoms with van der Waals surface area (Å²) in [6.45, 7) is 4.99. The van der Waals surface area contributed by atoms with Crippen LogP contribution in [-0.2, 0) is 11.2 Å². The Balaban J connectivity index is 1.57. The van der Waals surface area contributed by atoms with Crippen molar-refractivity contribution in [1.29, 1.82) is 0 Å². The number of hydrogen-bond acceptors (Lipinski definition) is 4. The van der Waals surface area contributed by atoms with Gasteiger partial charge in [0, 0.05) is 31.1 Å². The van der Waals surface area contributed by atoms with E-state index in [2.05, 4.69) is 34.8 Å². The van der Waals surface area contributed by atoms with E-state index in [-0.39, 0.29) is 0 Å². The molecule has 1 aromatic heterocycles. The molecule has 16 heavy (non-hydrogen) atoms. The van der Waals surface area contributed by atoms with Gasteiger partial charge in [0.2, 0.25) is 0 Å². The highest BCUT2D eigenvalue weighted by Crippen LogP contribution is 2.08. The van der Waals surface area contributed by atoms with Crippen LogP contribution >= 0.6 is 11.3 Å². The summed E-state index contributed by atoms with van der Waals surface area (Å²) in [5.74, 6) is 0. The van der Waals surface area contributed by atoms with Crippen LogP contribution in [0.15, 0.2) is 17.5 Å². The van der Waals surface area contributed by atoms with Gasteiger partial charge >= 0.3 is 0 Å². The molecular weight excluding hydrogens is 220 g/mol. The van der Waals surface area contributed by atoms with Gasteiger partial charge in [0.1, 0.15) is 0 Å². The minimum absolute atomic E-state index is 0.363. The minimum Gasteiger partial charge on any atom is -0.374 e. The molecule has 1 fully saturated rings. The highest BCUT2D eigenvalue weighted by Gasteiger charge is 2.16. The maximum atomic E-state index is 5.68. The van der Waals surface area contributed by atoms with Gasteiger partial charge in [-0.25, -0.2) is 0 Å². The Labute approximate surface area is 101 Å². The summed E-state index contributed by atoms with van der Waals surface area (Å²) < 4.78 is 5.68. The second-order valence-corrected chi connectivity index (χ2v) is 5.32. The number of hydrogen-bond donors (Lipinski definition) is 1. The predicted molar refractivity (Wildman–Crippen MR) is 68.1 cm³/mol. The molecule has 0 radical (unpaired) electrons. The molecule has 0 bridgehead atoms. The quantitative estimate of drug-likeness (QED) is 0.783. The summed E-state index contributed by atoms with van der Waals surface area (Å²) in [7, 11) is 2.15. The van der Waals surface area contributed by atoms with Crippen molar-refractivity contribution in [2.45, 2.75) is 12.5 Å². The molecule has 0 aromatic carbocycles. The first-order chi connectivity index (χ1) is 7.84. The largest absolute Gasteiger partial charge is 0.374 e. The molecule has 0 unspecified atom stereocenters. The minimum atomic E-state index is 0.363. The number of nitrogens with one attached hydrogen (secondary N) is 1. The van der Waals surface area contributed by atoms with Crippen LogP contribution in [0.1, 0.15) is 4.88 Å². The molecule has 3 nitrogen and oxygen atoms in total. The summed E-state index contributed by atoms with van der Waals surface area (Å²) in [5, 5.41) is 5.60. The van der Waals surface area contributed by atoms with Crippen LogP contribution < -0.4 is 5.32 Å². The smallest absolute Gasteiger partial charge is 0.0826 e. The first-order valence-corrected chi connectivity index (χ1v) is 6.76. The average molecular weight is 240 g/mol. The molecule has 2 heterocycles. The molecule has 0 saturated carbocycles. The van der Waals surface area contributed by atoms with Crippen LogP contribution in [0.4, 0.5) is 0 Å². The fourth-order valence-electron chi connectivity index (χ4n) is 1.92. The lowest BCUT2D eigenvalue weighted by molar-refractivity contribution is -0.0179. The first-order valence-electron chi connectivity index (χ1n) is 5.88. The van der Waals surface area contributed by atoms with Crippen LogP contribution in [0.25, 0.3) is 0 Å². The predicted octanol–water partition coefficient (Wildman–Crippen LogP) is 1.21.